The van der Waals surface area contributed by atoms with Crippen LogP contribution in [0, 0.1) is 18.3 Å². The number of aromatic amines is 1. The highest BCUT2D eigenvalue weighted by Gasteiger charge is 2.35. The lowest BCUT2D eigenvalue weighted by atomic mass is 9.84. The number of hydrogen-bond acceptors (Lipinski definition) is 6. The van der Waals surface area contributed by atoms with E-state index < -0.39 is 0 Å². The molecular formula is C25H23N5O3. The Morgan fingerprint density at radius 2 is 1.94 bits per heavy atom. The molecule has 1 atom stereocenters. The Labute approximate surface area is 190 Å². The third kappa shape index (κ3) is 3.53. The molecule has 2 aromatic carbocycles. The van der Waals surface area contributed by atoms with E-state index in [2.05, 4.69) is 39.2 Å². The van der Waals surface area contributed by atoms with Crippen molar-refractivity contribution in [2.24, 2.45) is 5.73 Å². The predicted molar refractivity (Wildman–Crippen MR) is 123 cm³/mol. The normalized spacial score (nSPS) is 15.1. The Balaban J connectivity index is 1.50. The SMILES string of the molecule is COc1ccc(OCCn2cc([C@H]3C(C#N)=C(N)Oc4n[nH]c(C)c43)c3ccccc32)cc1. The molecule has 8 nitrogen and oxygen atoms in total. The maximum absolute atomic E-state index is 9.90. The van der Waals surface area contributed by atoms with Gasteiger partial charge >= 0.3 is 0 Å². The molecule has 33 heavy (non-hydrogen) atoms. The van der Waals surface area contributed by atoms with Gasteiger partial charge in [-0.2, -0.15) is 5.26 Å². The number of nitriles is 1. The molecule has 0 saturated carbocycles. The maximum Gasteiger partial charge on any atom is 0.244 e. The van der Waals surface area contributed by atoms with Crippen molar-refractivity contribution in [2.45, 2.75) is 19.4 Å². The summed E-state index contributed by atoms with van der Waals surface area (Å²) in [6, 6.07) is 17.9. The lowest BCUT2D eigenvalue weighted by Crippen LogP contribution is -2.21. The Morgan fingerprint density at radius 1 is 1.18 bits per heavy atom. The highest BCUT2D eigenvalue weighted by molar-refractivity contribution is 5.86. The van der Waals surface area contributed by atoms with Gasteiger partial charge in [0.25, 0.3) is 0 Å². The molecule has 166 valence electrons. The first kappa shape index (κ1) is 20.5. The van der Waals surface area contributed by atoms with Crippen molar-refractivity contribution in [2.75, 3.05) is 13.7 Å². The molecule has 0 unspecified atom stereocenters. The Hall–Kier alpha value is -4.38. The van der Waals surface area contributed by atoms with E-state index in [1.165, 1.54) is 0 Å². The van der Waals surface area contributed by atoms with E-state index in [-0.39, 0.29) is 11.8 Å². The van der Waals surface area contributed by atoms with Crippen LogP contribution in [-0.4, -0.2) is 28.5 Å². The largest absolute Gasteiger partial charge is 0.497 e. The summed E-state index contributed by atoms with van der Waals surface area (Å²) in [5, 5.41) is 18.1. The minimum Gasteiger partial charge on any atom is -0.497 e. The fourth-order valence-electron chi connectivity index (χ4n) is 4.33. The first-order valence-corrected chi connectivity index (χ1v) is 10.6. The van der Waals surface area contributed by atoms with Gasteiger partial charge in [-0.05, 0) is 42.8 Å². The van der Waals surface area contributed by atoms with Gasteiger partial charge < -0.3 is 24.5 Å². The van der Waals surface area contributed by atoms with Crippen LogP contribution in [0.1, 0.15) is 22.7 Å². The van der Waals surface area contributed by atoms with Crippen LogP contribution < -0.4 is 19.9 Å². The minimum atomic E-state index is -0.369. The van der Waals surface area contributed by atoms with Crippen LogP contribution in [-0.2, 0) is 6.54 Å². The zero-order chi connectivity index (χ0) is 22.9. The van der Waals surface area contributed by atoms with E-state index in [4.69, 9.17) is 19.9 Å². The molecule has 2 aromatic heterocycles. The number of allylic oxidation sites excluding steroid dienone is 1. The predicted octanol–water partition coefficient (Wildman–Crippen LogP) is 3.98. The van der Waals surface area contributed by atoms with Crippen LogP contribution in [0.5, 0.6) is 17.4 Å². The van der Waals surface area contributed by atoms with Crippen LogP contribution in [0.15, 0.2) is 66.2 Å². The number of nitrogens with zero attached hydrogens (tertiary/aromatic N) is 3. The van der Waals surface area contributed by atoms with E-state index in [1.807, 2.05) is 43.3 Å². The van der Waals surface area contributed by atoms with E-state index in [1.54, 1.807) is 7.11 Å². The lowest BCUT2D eigenvalue weighted by molar-refractivity contribution is 0.299. The van der Waals surface area contributed by atoms with Crippen molar-refractivity contribution >= 4 is 10.9 Å². The quantitative estimate of drug-likeness (QED) is 0.468. The molecule has 3 N–H and O–H groups in total. The van der Waals surface area contributed by atoms with E-state index in [0.29, 0.717) is 24.6 Å². The van der Waals surface area contributed by atoms with Crippen LogP contribution in [0.3, 0.4) is 0 Å². The third-order valence-electron chi connectivity index (χ3n) is 5.92. The zero-order valence-electron chi connectivity index (χ0n) is 18.3. The molecule has 0 aliphatic carbocycles. The fourth-order valence-corrected chi connectivity index (χ4v) is 4.33. The summed E-state index contributed by atoms with van der Waals surface area (Å²) in [5.74, 6) is 1.69. The summed E-state index contributed by atoms with van der Waals surface area (Å²) in [5.41, 5.74) is 10.2. The molecule has 3 heterocycles. The minimum absolute atomic E-state index is 0.0844. The highest BCUT2D eigenvalue weighted by atomic mass is 16.5. The number of rotatable bonds is 6. The van der Waals surface area contributed by atoms with E-state index in [0.717, 1.165) is 39.2 Å². The standard InChI is InChI=1S/C25H23N5O3/c1-15-22-23(19(13-26)24(27)33-25(22)29-28-15)20-14-30(21-6-4-3-5-18(20)21)11-12-32-17-9-7-16(31-2)8-10-17/h3-10,14,23H,11-12,27H2,1-2H3,(H,28,29)/t23-/m1/s1. The molecule has 8 heteroatoms. The molecule has 1 aliphatic heterocycles. The Kier molecular flexibility index (Phi) is 5.15. The van der Waals surface area contributed by atoms with Gasteiger partial charge in [-0.25, -0.2) is 0 Å². The number of H-pyrrole nitrogens is 1. The average Bonchev–Trinajstić information content (AvgIpc) is 3.39. The van der Waals surface area contributed by atoms with Crippen LogP contribution in [0.25, 0.3) is 10.9 Å². The average molecular weight is 441 g/mol. The first-order chi connectivity index (χ1) is 16.1. The monoisotopic (exact) mass is 441 g/mol. The van der Waals surface area contributed by atoms with Crippen LogP contribution >= 0.6 is 0 Å². The highest BCUT2D eigenvalue weighted by Crippen LogP contribution is 2.45. The molecule has 1 aliphatic rings. The Morgan fingerprint density at radius 3 is 2.70 bits per heavy atom. The van der Waals surface area contributed by atoms with Gasteiger partial charge in [0.2, 0.25) is 11.8 Å². The van der Waals surface area contributed by atoms with Crippen LogP contribution in [0.2, 0.25) is 0 Å². The van der Waals surface area contributed by atoms with Crippen molar-refractivity contribution in [3.05, 3.63) is 83.0 Å². The summed E-state index contributed by atoms with van der Waals surface area (Å²) in [6.45, 7) is 3.03. The number of benzene rings is 2. The number of aryl methyl sites for hydroxylation is 1. The number of ether oxygens (including phenoxy) is 3. The third-order valence-corrected chi connectivity index (χ3v) is 5.92. The summed E-state index contributed by atoms with van der Waals surface area (Å²) in [7, 11) is 1.64. The van der Waals surface area contributed by atoms with Crippen molar-refractivity contribution < 1.29 is 14.2 Å². The van der Waals surface area contributed by atoms with Gasteiger partial charge in [-0.15, -0.1) is 5.10 Å². The van der Waals surface area contributed by atoms with E-state index in [9.17, 15) is 5.26 Å². The Bertz CT molecular complexity index is 1390. The maximum atomic E-state index is 9.90. The number of para-hydroxylation sites is 1. The zero-order valence-corrected chi connectivity index (χ0v) is 18.3. The van der Waals surface area contributed by atoms with Gasteiger partial charge in [0.1, 0.15) is 29.7 Å². The molecule has 0 bridgehead atoms. The van der Waals surface area contributed by atoms with Gasteiger partial charge in [0.05, 0.1) is 19.6 Å². The second-order valence-electron chi connectivity index (χ2n) is 7.81. The number of methoxy groups -OCH3 is 1. The van der Waals surface area contributed by atoms with E-state index >= 15 is 0 Å². The molecule has 0 radical (unpaired) electrons. The summed E-state index contributed by atoms with van der Waals surface area (Å²) in [4.78, 5) is 0. The van der Waals surface area contributed by atoms with Crippen molar-refractivity contribution in [1.29, 1.82) is 5.26 Å². The first-order valence-electron chi connectivity index (χ1n) is 10.6. The summed E-state index contributed by atoms with van der Waals surface area (Å²) < 4.78 is 18.9. The molecule has 5 rings (SSSR count). The van der Waals surface area contributed by atoms with Crippen molar-refractivity contribution in [3.8, 4) is 23.4 Å². The van der Waals surface area contributed by atoms with Crippen LogP contribution in [0.4, 0.5) is 0 Å². The fraction of sp³-hybridized carbons (Fsp3) is 0.200. The van der Waals surface area contributed by atoms with Gasteiger partial charge in [-0.1, -0.05) is 18.2 Å². The number of hydrogen-bond donors (Lipinski definition) is 2. The number of nitrogens with two attached hydrogens (primary N) is 1. The molecule has 0 spiro atoms. The van der Waals surface area contributed by atoms with Crippen molar-refractivity contribution in [1.82, 2.24) is 14.8 Å². The molecule has 4 aromatic rings. The number of fused-ring (bicyclic) bond motifs is 2. The smallest absolute Gasteiger partial charge is 0.244 e. The molecule has 0 amide bonds. The van der Waals surface area contributed by atoms with Gasteiger partial charge in [0, 0.05) is 28.4 Å². The molecule has 0 fully saturated rings. The van der Waals surface area contributed by atoms with Gasteiger partial charge in [-0.3, -0.25) is 5.10 Å². The lowest BCUT2D eigenvalue weighted by Gasteiger charge is -2.23. The topological polar surface area (TPSA) is 111 Å². The second kappa shape index (κ2) is 8.28. The van der Waals surface area contributed by atoms with Gasteiger partial charge in [0.15, 0.2) is 0 Å². The summed E-state index contributed by atoms with van der Waals surface area (Å²) >= 11 is 0. The number of nitrogens with one attached hydrogen (secondary N) is 1. The number of aromatic nitrogens is 3. The molecular weight excluding hydrogens is 418 g/mol. The molecule has 0 saturated heterocycles. The summed E-state index contributed by atoms with van der Waals surface area (Å²) in [6.07, 6.45) is 2.07. The van der Waals surface area contributed by atoms with Crippen molar-refractivity contribution in [3.63, 3.8) is 0 Å². The second-order valence-corrected chi connectivity index (χ2v) is 7.81.